The summed E-state index contributed by atoms with van der Waals surface area (Å²) in [6.07, 6.45) is 0. The van der Waals surface area contributed by atoms with Gasteiger partial charge in [0.05, 0.1) is 30.8 Å². The maximum atomic E-state index is 12.8. The largest absolute Gasteiger partial charge is 0.497 e. The second-order valence-corrected chi connectivity index (χ2v) is 7.86. The first-order valence-electron chi connectivity index (χ1n) is 7.06. The number of sulfone groups is 1. The Morgan fingerprint density at radius 1 is 1.23 bits per heavy atom. The summed E-state index contributed by atoms with van der Waals surface area (Å²) in [7, 11) is -0.109. The summed E-state index contributed by atoms with van der Waals surface area (Å²) < 4.78 is 34.2. The van der Waals surface area contributed by atoms with Gasteiger partial charge in [0.1, 0.15) is 11.5 Å². The number of hydrogen-bond donors (Lipinski definition) is 0. The summed E-state index contributed by atoms with van der Waals surface area (Å²) in [4.78, 5) is 14.3. The summed E-state index contributed by atoms with van der Waals surface area (Å²) in [5, 5.41) is -0.575. The van der Waals surface area contributed by atoms with Gasteiger partial charge in [-0.2, -0.15) is 0 Å². The lowest BCUT2D eigenvalue weighted by atomic mass is 10.1. The van der Waals surface area contributed by atoms with Gasteiger partial charge in [-0.25, -0.2) is 8.42 Å². The van der Waals surface area contributed by atoms with Gasteiger partial charge in [-0.05, 0) is 26.0 Å². The predicted octanol–water partition coefficient (Wildman–Crippen LogP) is 1.35. The molecule has 1 aromatic rings. The van der Waals surface area contributed by atoms with Gasteiger partial charge >= 0.3 is 0 Å². The fraction of sp³-hybridized carbons (Fsp3) is 0.533. The van der Waals surface area contributed by atoms with E-state index >= 15 is 0 Å². The molecular weight excluding hydrogens is 306 g/mol. The predicted molar refractivity (Wildman–Crippen MR) is 83.3 cm³/mol. The van der Waals surface area contributed by atoms with Crippen LogP contribution in [0.1, 0.15) is 24.2 Å². The average Bonchev–Trinajstić information content (AvgIpc) is 2.51. The lowest BCUT2D eigenvalue weighted by Crippen LogP contribution is -2.54. The van der Waals surface area contributed by atoms with E-state index in [4.69, 9.17) is 9.47 Å². The van der Waals surface area contributed by atoms with Crippen LogP contribution in [-0.4, -0.2) is 57.0 Å². The van der Waals surface area contributed by atoms with Crippen molar-refractivity contribution in [2.24, 2.45) is 0 Å². The molecule has 7 heteroatoms. The van der Waals surface area contributed by atoms with Crippen LogP contribution in [0.25, 0.3) is 0 Å². The van der Waals surface area contributed by atoms with Crippen LogP contribution in [0.5, 0.6) is 11.5 Å². The Balaban J connectivity index is 2.33. The number of nitrogens with zero attached hydrogens (tertiary/aromatic N) is 1. The fourth-order valence-electron chi connectivity index (χ4n) is 2.58. The first-order chi connectivity index (χ1) is 10.3. The van der Waals surface area contributed by atoms with Crippen molar-refractivity contribution in [3.63, 3.8) is 0 Å². The van der Waals surface area contributed by atoms with Gasteiger partial charge in [-0.3, -0.25) is 4.79 Å². The second-order valence-electron chi connectivity index (χ2n) is 5.38. The molecule has 0 aliphatic carbocycles. The molecule has 0 saturated carbocycles. The molecule has 6 nitrogen and oxygen atoms in total. The van der Waals surface area contributed by atoms with Crippen LogP contribution < -0.4 is 9.47 Å². The van der Waals surface area contributed by atoms with E-state index in [1.54, 1.807) is 36.9 Å². The molecule has 0 radical (unpaired) electrons. The minimum atomic E-state index is -3.13. The Labute approximate surface area is 130 Å². The minimum absolute atomic E-state index is 0.0112. The van der Waals surface area contributed by atoms with Crippen molar-refractivity contribution in [1.29, 1.82) is 0 Å². The number of ether oxygens (including phenoxy) is 2. The molecule has 1 amide bonds. The van der Waals surface area contributed by atoms with Crippen molar-refractivity contribution in [1.82, 2.24) is 4.90 Å². The lowest BCUT2D eigenvalue weighted by molar-refractivity contribution is 0.0689. The number of carbonyl (C=O) groups is 1. The maximum absolute atomic E-state index is 12.8. The standard InChI is InChI=1S/C15H21NO5S/c1-10-11(2)22(18,19)8-7-16(10)15(17)13-6-5-12(20-3)9-14(13)21-4/h5-6,9-11H,7-8H2,1-4H3/t10-,11-/m0/s1. The van der Waals surface area contributed by atoms with Crippen molar-refractivity contribution in [3.05, 3.63) is 23.8 Å². The first kappa shape index (κ1) is 16.6. The second kappa shape index (κ2) is 6.16. The molecule has 1 heterocycles. The smallest absolute Gasteiger partial charge is 0.257 e. The molecule has 1 fully saturated rings. The molecule has 1 saturated heterocycles. The molecule has 122 valence electrons. The summed E-state index contributed by atoms with van der Waals surface area (Å²) in [5.41, 5.74) is 0.404. The van der Waals surface area contributed by atoms with Crippen LogP contribution in [0.15, 0.2) is 18.2 Å². The van der Waals surface area contributed by atoms with Gasteiger partial charge in [-0.15, -0.1) is 0 Å². The zero-order chi connectivity index (χ0) is 16.5. The first-order valence-corrected chi connectivity index (χ1v) is 8.78. The third-order valence-electron chi connectivity index (χ3n) is 4.25. The van der Waals surface area contributed by atoms with Crippen molar-refractivity contribution in [3.8, 4) is 11.5 Å². The van der Waals surface area contributed by atoms with E-state index in [0.29, 0.717) is 17.1 Å². The molecule has 0 aromatic heterocycles. The molecule has 2 rings (SSSR count). The van der Waals surface area contributed by atoms with Gasteiger partial charge in [-0.1, -0.05) is 0 Å². The Morgan fingerprint density at radius 3 is 2.50 bits per heavy atom. The number of carbonyl (C=O) groups excluding carboxylic acids is 1. The normalized spacial score (nSPS) is 23.9. The summed E-state index contributed by atoms with van der Waals surface area (Å²) in [5.74, 6) is 0.769. The fourth-order valence-corrected chi connectivity index (χ4v) is 4.15. The molecule has 1 aromatic carbocycles. The highest BCUT2D eigenvalue weighted by atomic mass is 32.2. The van der Waals surface area contributed by atoms with Gasteiger partial charge in [0.2, 0.25) is 0 Å². The highest BCUT2D eigenvalue weighted by Gasteiger charge is 2.38. The van der Waals surface area contributed by atoms with E-state index in [9.17, 15) is 13.2 Å². The van der Waals surface area contributed by atoms with Crippen LogP contribution in [0.4, 0.5) is 0 Å². The third-order valence-corrected chi connectivity index (χ3v) is 6.53. The van der Waals surface area contributed by atoms with E-state index < -0.39 is 15.1 Å². The third kappa shape index (κ3) is 2.90. The maximum Gasteiger partial charge on any atom is 0.257 e. The Morgan fingerprint density at radius 2 is 1.91 bits per heavy atom. The van der Waals surface area contributed by atoms with Crippen molar-refractivity contribution < 1.29 is 22.7 Å². The molecular formula is C15H21NO5S. The Bertz CT molecular complexity index is 671. The van der Waals surface area contributed by atoms with Crippen LogP contribution in [0, 0.1) is 0 Å². The monoisotopic (exact) mass is 327 g/mol. The molecule has 1 aliphatic heterocycles. The zero-order valence-electron chi connectivity index (χ0n) is 13.2. The molecule has 2 atom stereocenters. The van der Waals surface area contributed by atoms with E-state index in [1.165, 1.54) is 14.2 Å². The van der Waals surface area contributed by atoms with E-state index in [2.05, 4.69) is 0 Å². The molecule has 0 bridgehead atoms. The van der Waals surface area contributed by atoms with Crippen molar-refractivity contribution in [2.45, 2.75) is 25.1 Å². The molecule has 1 aliphatic rings. The lowest BCUT2D eigenvalue weighted by Gasteiger charge is -2.37. The number of methoxy groups -OCH3 is 2. The summed E-state index contributed by atoms with van der Waals surface area (Å²) >= 11 is 0. The molecule has 22 heavy (non-hydrogen) atoms. The molecule has 0 spiro atoms. The average molecular weight is 327 g/mol. The van der Waals surface area contributed by atoms with Crippen molar-refractivity contribution >= 4 is 15.7 Å². The number of amides is 1. The Hall–Kier alpha value is -1.76. The number of hydrogen-bond acceptors (Lipinski definition) is 5. The van der Waals surface area contributed by atoms with Gasteiger partial charge < -0.3 is 14.4 Å². The van der Waals surface area contributed by atoms with E-state index in [-0.39, 0.29) is 24.2 Å². The highest BCUT2D eigenvalue weighted by Crippen LogP contribution is 2.28. The minimum Gasteiger partial charge on any atom is -0.497 e. The van der Waals surface area contributed by atoms with Gasteiger partial charge in [0.15, 0.2) is 9.84 Å². The van der Waals surface area contributed by atoms with Crippen molar-refractivity contribution in [2.75, 3.05) is 26.5 Å². The number of benzene rings is 1. The van der Waals surface area contributed by atoms with E-state index in [0.717, 1.165) is 0 Å². The Kier molecular flexibility index (Phi) is 4.65. The zero-order valence-corrected chi connectivity index (χ0v) is 14.0. The molecule has 0 unspecified atom stereocenters. The van der Waals surface area contributed by atoms with Crippen LogP contribution in [-0.2, 0) is 9.84 Å². The quantitative estimate of drug-likeness (QED) is 0.838. The summed E-state index contributed by atoms with van der Waals surface area (Å²) in [6.45, 7) is 3.60. The van der Waals surface area contributed by atoms with E-state index in [1.807, 2.05) is 0 Å². The number of rotatable bonds is 3. The molecule has 0 N–H and O–H groups in total. The van der Waals surface area contributed by atoms with Crippen LogP contribution >= 0.6 is 0 Å². The van der Waals surface area contributed by atoms with Gasteiger partial charge in [0.25, 0.3) is 5.91 Å². The summed E-state index contributed by atoms with van der Waals surface area (Å²) in [6, 6.07) is 4.59. The van der Waals surface area contributed by atoms with Crippen LogP contribution in [0.2, 0.25) is 0 Å². The SMILES string of the molecule is COc1ccc(C(=O)N2CCS(=O)(=O)[C@@H](C)[C@@H]2C)c(OC)c1. The van der Waals surface area contributed by atoms with Crippen LogP contribution in [0.3, 0.4) is 0 Å². The topological polar surface area (TPSA) is 72.9 Å². The van der Waals surface area contributed by atoms with Gasteiger partial charge in [0, 0.05) is 18.7 Å². The highest BCUT2D eigenvalue weighted by molar-refractivity contribution is 7.92.